The second-order valence-electron chi connectivity index (χ2n) is 3.65. The van der Waals surface area contributed by atoms with Crippen molar-refractivity contribution in [3.63, 3.8) is 0 Å². The summed E-state index contributed by atoms with van der Waals surface area (Å²) in [6.45, 7) is 4.51. The molecule has 0 saturated carbocycles. The first-order chi connectivity index (χ1) is 7.25. The molecule has 2 atom stereocenters. The fourth-order valence-electron chi connectivity index (χ4n) is 1.53. The van der Waals surface area contributed by atoms with Crippen molar-refractivity contribution in [1.29, 1.82) is 0 Å². The molecule has 0 radical (unpaired) electrons. The summed E-state index contributed by atoms with van der Waals surface area (Å²) < 4.78 is 10.6. The van der Waals surface area contributed by atoms with Gasteiger partial charge in [0.15, 0.2) is 0 Å². The zero-order valence-corrected chi connectivity index (χ0v) is 10.6. The lowest BCUT2D eigenvalue weighted by Crippen LogP contribution is -2.38. The van der Waals surface area contributed by atoms with E-state index in [1.165, 1.54) is 0 Å². The molecule has 0 aromatic rings. The zero-order chi connectivity index (χ0) is 11.1. The minimum atomic E-state index is -0.263. The van der Waals surface area contributed by atoms with E-state index < -0.39 is 0 Å². The number of amides is 1. The average molecular weight is 280 g/mol. The van der Waals surface area contributed by atoms with Crippen LogP contribution in [-0.4, -0.2) is 43.7 Å². The van der Waals surface area contributed by atoms with E-state index >= 15 is 0 Å². The van der Waals surface area contributed by atoms with Crippen LogP contribution < -0.4 is 5.32 Å². The van der Waals surface area contributed by atoms with E-state index in [1.54, 1.807) is 0 Å². The summed E-state index contributed by atoms with van der Waals surface area (Å²) >= 11 is 3.26. The molecule has 88 valence electrons. The van der Waals surface area contributed by atoms with Gasteiger partial charge in [-0.05, 0) is 12.3 Å². The molecule has 1 aliphatic rings. The lowest BCUT2D eigenvalue weighted by Gasteiger charge is -2.14. The molecular weight excluding hydrogens is 262 g/mol. The van der Waals surface area contributed by atoms with Gasteiger partial charge in [0.2, 0.25) is 5.91 Å². The van der Waals surface area contributed by atoms with E-state index in [2.05, 4.69) is 21.2 Å². The first-order valence-electron chi connectivity index (χ1n) is 5.28. The molecule has 1 fully saturated rings. The normalized spacial score (nSPS) is 25.5. The topological polar surface area (TPSA) is 47.6 Å². The number of carbonyl (C=O) groups excluding carboxylic acids is 1. The molecule has 1 heterocycles. The smallest absolute Gasteiger partial charge is 0.249 e. The van der Waals surface area contributed by atoms with Crippen molar-refractivity contribution in [2.75, 3.05) is 31.7 Å². The molecule has 1 N–H and O–H groups in total. The van der Waals surface area contributed by atoms with Crippen molar-refractivity contribution in [1.82, 2.24) is 5.32 Å². The van der Waals surface area contributed by atoms with Crippen LogP contribution in [0.15, 0.2) is 0 Å². The van der Waals surface area contributed by atoms with Crippen molar-refractivity contribution in [3.05, 3.63) is 0 Å². The Morgan fingerprint density at radius 3 is 3.00 bits per heavy atom. The summed E-state index contributed by atoms with van der Waals surface area (Å²) in [6.07, 6.45) is 0.708. The number of hydrogen-bond acceptors (Lipinski definition) is 3. The van der Waals surface area contributed by atoms with Crippen molar-refractivity contribution >= 4 is 21.8 Å². The fraction of sp³-hybridized carbons (Fsp3) is 0.900. The van der Waals surface area contributed by atoms with Gasteiger partial charge in [-0.3, -0.25) is 4.79 Å². The second-order valence-corrected chi connectivity index (χ2v) is 4.44. The van der Waals surface area contributed by atoms with E-state index in [-0.39, 0.29) is 12.0 Å². The lowest BCUT2D eigenvalue weighted by atomic mass is 10.0. The first kappa shape index (κ1) is 12.9. The van der Waals surface area contributed by atoms with Crippen LogP contribution in [0.25, 0.3) is 0 Å². The Morgan fingerprint density at radius 2 is 2.40 bits per heavy atom. The lowest BCUT2D eigenvalue weighted by molar-refractivity contribution is -0.131. The number of rotatable bonds is 6. The SMILES string of the molecule is CC1CCOC1C(=O)NCCOCCBr. The number of carbonyl (C=O) groups is 1. The highest BCUT2D eigenvalue weighted by Gasteiger charge is 2.30. The molecule has 15 heavy (non-hydrogen) atoms. The summed E-state index contributed by atoms with van der Waals surface area (Å²) in [6, 6.07) is 0. The molecule has 1 amide bonds. The average Bonchev–Trinajstić information content (AvgIpc) is 2.64. The summed E-state index contributed by atoms with van der Waals surface area (Å²) in [4.78, 5) is 11.6. The van der Waals surface area contributed by atoms with Crippen LogP contribution in [0.2, 0.25) is 0 Å². The highest BCUT2D eigenvalue weighted by atomic mass is 79.9. The molecule has 1 aliphatic heterocycles. The maximum absolute atomic E-state index is 11.6. The molecule has 1 rings (SSSR count). The number of ether oxygens (including phenoxy) is 2. The first-order valence-corrected chi connectivity index (χ1v) is 6.41. The fourth-order valence-corrected chi connectivity index (χ4v) is 1.76. The van der Waals surface area contributed by atoms with Crippen LogP contribution in [0.1, 0.15) is 13.3 Å². The highest BCUT2D eigenvalue weighted by Crippen LogP contribution is 2.19. The second kappa shape index (κ2) is 7.19. The van der Waals surface area contributed by atoms with Crippen LogP contribution in [-0.2, 0) is 14.3 Å². The number of halogens is 1. The van der Waals surface area contributed by atoms with E-state index in [4.69, 9.17) is 9.47 Å². The quantitative estimate of drug-likeness (QED) is 0.582. The summed E-state index contributed by atoms with van der Waals surface area (Å²) in [7, 11) is 0. The third-order valence-electron chi connectivity index (χ3n) is 2.41. The zero-order valence-electron chi connectivity index (χ0n) is 9.00. The minimum absolute atomic E-state index is 0.0116. The molecule has 2 unspecified atom stereocenters. The number of alkyl halides is 1. The van der Waals surface area contributed by atoms with Gasteiger partial charge < -0.3 is 14.8 Å². The monoisotopic (exact) mass is 279 g/mol. The Kier molecular flexibility index (Phi) is 6.20. The van der Waals surface area contributed by atoms with Gasteiger partial charge in [-0.25, -0.2) is 0 Å². The standard InChI is InChI=1S/C10H18BrNO3/c1-8-2-5-15-9(8)10(13)12-4-7-14-6-3-11/h8-9H,2-7H2,1H3,(H,12,13). The number of hydrogen-bond donors (Lipinski definition) is 1. The van der Waals surface area contributed by atoms with Gasteiger partial charge in [-0.15, -0.1) is 0 Å². The van der Waals surface area contributed by atoms with Gasteiger partial charge in [0.25, 0.3) is 0 Å². The third-order valence-corrected chi connectivity index (χ3v) is 2.74. The Labute approximate surface area is 98.8 Å². The van der Waals surface area contributed by atoms with Gasteiger partial charge >= 0.3 is 0 Å². The minimum Gasteiger partial charge on any atom is -0.379 e. The molecule has 0 spiro atoms. The molecule has 4 nitrogen and oxygen atoms in total. The maximum atomic E-state index is 11.6. The van der Waals surface area contributed by atoms with Crippen LogP contribution in [0.4, 0.5) is 0 Å². The highest BCUT2D eigenvalue weighted by molar-refractivity contribution is 9.09. The van der Waals surface area contributed by atoms with Crippen LogP contribution >= 0.6 is 15.9 Å². The molecule has 0 bridgehead atoms. The largest absolute Gasteiger partial charge is 0.379 e. The van der Waals surface area contributed by atoms with E-state index in [1.807, 2.05) is 6.92 Å². The van der Waals surface area contributed by atoms with Crippen LogP contribution in [0.3, 0.4) is 0 Å². The predicted molar refractivity (Wildman–Crippen MR) is 61.1 cm³/mol. The van der Waals surface area contributed by atoms with Gasteiger partial charge in [0, 0.05) is 18.5 Å². The number of nitrogens with one attached hydrogen (secondary N) is 1. The maximum Gasteiger partial charge on any atom is 0.249 e. The van der Waals surface area contributed by atoms with Gasteiger partial charge in [0.05, 0.1) is 13.2 Å². The van der Waals surface area contributed by atoms with Gasteiger partial charge in [-0.1, -0.05) is 22.9 Å². The van der Waals surface area contributed by atoms with Crippen molar-refractivity contribution in [2.24, 2.45) is 5.92 Å². The molecule has 0 aromatic carbocycles. The van der Waals surface area contributed by atoms with Gasteiger partial charge in [-0.2, -0.15) is 0 Å². The van der Waals surface area contributed by atoms with Crippen molar-refractivity contribution in [3.8, 4) is 0 Å². The molecule has 1 saturated heterocycles. The van der Waals surface area contributed by atoms with E-state index in [9.17, 15) is 4.79 Å². The van der Waals surface area contributed by atoms with E-state index in [0.717, 1.165) is 11.8 Å². The Bertz CT molecular complexity index is 201. The third kappa shape index (κ3) is 4.49. The molecular formula is C10H18BrNO3. The Morgan fingerprint density at radius 1 is 1.60 bits per heavy atom. The van der Waals surface area contributed by atoms with Gasteiger partial charge in [0.1, 0.15) is 6.10 Å². The van der Waals surface area contributed by atoms with Crippen molar-refractivity contribution in [2.45, 2.75) is 19.4 Å². The summed E-state index contributed by atoms with van der Waals surface area (Å²) in [5, 5.41) is 3.63. The summed E-state index contributed by atoms with van der Waals surface area (Å²) in [5.74, 6) is 0.316. The summed E-state index contributed by atoms with van der Waals surface area (Å²) in [5.41, 5.74) is 0. The van der Waals surface area contributed by atoms with E-state index in [0.29, 0.717) is 32.3 Å². The molecule has 5 heteroatoms. The Hall–Kier alpha value is -0.130. The van der Waals surface area contributed by atoms with Crippen molar-refractivity contribution < 1.29 is 14.3 Å². The predicted octanol–water partition coefficient (Wildman–Crippen LogP) is 0.939. The molecule has 0 aliphatic carbocycles. The molecule has 0 aromatic heterocycles. The van der Waals surface area contributed by atoms with Crippen LogP contribution in [0.5, 0.6) is 0 Å². The van der Waals surface area contributed by atoms with Crippen LogP contribution in [0, 0.1) is 5.92 Å². The Balaban J connectivity index is 2.08.